The van der Waals surface area contributed by atoms with Crippen LogP contribution in [-0.4, -0.2) is 36.2 Å². The molecule has 0 bridgehead atoms. The van der Waals surface area contributed by atoms with Gasteiger partial charge in [-0.1, -0.05) is 37.3 Å². The maximum Gasteiger partial charge on any atom is 0.0537 e. The van der Waals surface area contributed by atoms with Gasteiger partial charge in [0.05, 0.1) is 6.61 Å². The molecule has 0 spiro atoms. The maximum atomic E-state index is 9.67. The Morgan fingerprint density at radius 3 is 2.38 bits per heavy atom. The first kappa shape index (κ1) is 11.6. The molecule has 1 unspecified atom stereocenters. The maximum absolute atomic E-state index is 9.67. The van der Waals surface area contributed by atoms with Crippen LogP contribution < -0.4 is 0 Å². The normalized spacial score (nSPS) is 20.9. The fraction of sp³-hybridized carbons (Fsp3) is 0.571. The van der Waals surface area contributed by atoms with Gasteiger partial charge in [0, 0.05) is 12.0 Å². The molecule has 2 nitrogen and oxygen atoms in total. The van der Waals surface area contributed by atoms with Crippen molar-refractivity contribution >= 4 is 0 Å². The SMILES string of the molecule is CC(CO)(CN1CCCC1)c1ccccc1. The van der Waals surface area contributed by atoms with Gasteiger partial charge < -0.3 is 10.0 Å². The quantitative estimate of drug-likeness (QED) is 0.837. The van der Waals surface area contributed by atoms with E-state index in [0.717, 1.165) is 6.54 Å². The van der Waals surface area contributed by atoms with E-state index in [4.69, 9.17) is 0 Å². The molecule has 1 fully saturated rings. The van der Waals surface area contributed by atoms with Gasteiger partial charge in [-0.15, -0.1) is 0 Å². The molecule has 1 heterocycles. The van der Waals surface area contributed by atoms with E-state index in [2.05, 4.69) is 24.0 Å². The van der Waals surface area contributed by atoms with Gasteiger partial charge in [-0.25, -0.2) is 0 Å². The summed E-state index contributed by atoms with van der Waals surface area (Å²) in [4.78, 5) is 2.46. The molecule has 1 saturated heterocycles. The van der Waals surface area contributed by atoms with E-state index >= 15 is 0 Å². The van der Waals surface area contributed by atoms with Gasteiger partial charge in [0.25, 0.3) is 0 Å². The molecule has 1 aliphatic heterocycles. The highest BCUT2D eigenvalue weighted by molar-refractivity contribution is 5.25. The van der Waals surface area contributed by atoms with Crippen molar-refractivity contribution in [1.82, 2.24) is 4.90 Å². The van der Waals surface area contributed by atoms with Crippen molar-refractivity contribution in [3.05, 3.63) is 35.9 Å². The smallest absolute Gasteiger partial charge is 0.0537 e. The zero-order valence-corrected chi connectivity index (χ0v) is 10.0. The fourth-order valence-electron chi connectivity index (χ4n) is 2.51. The topological polar surface area (TPSA) is 23.5 Å². The lowest BCUT2D eigenvalue weighted by Gasteiger charge is -2.32. The van der Waals surface area contributed by atoms with Gasteiger partial charge in [-0.2, -0.15) is 0 Å². The number of aliphatic hydroxyl groups is 1. The van der Waals surface area contributed by atoms with Crippen LogP contribution in [0, 0.1) is 0 Å². The van der Waals surface area contributed by atoms with E-state index in [9.17, 15) is 5.11 Å². The van der Waals surface area contributed by atoms with Crippen molar-refractivity contribution < 1.29 is 5.11 Å². The van der Waals surface area contributed by atoms with Crippen LogP contribution in [0.3, 0.4) is 0 Å². The molecule has 1 aliphatic rings. The highest BCUT2D eigenvalue weighted by atomic mass is 16.3. The predicted octanol–water partition coefficient (Wildman–Crippen LogP) is 2.03. The van der Waals surface area contributed by atoms with Crippen LogP contribution in [0.15, 0.2) is 30.3 Å². The highest BCUT2D eigenvalue weighted by Crippen LogP contribution is 2.25. The van der Waals surface area contributed by atoms with Gasteiger partial charge >= 0.3 is 0 Å². The second kappa shape index (κ2) is 4.98. The lowest BCUT2D eigenvalue weighted by molar-refractivity contribution is 0.158. The second-order valence-corrected chi connectivity index (χ2v) is 5.07. The summed E-state index contributed by atoms with van der Waals surface area (Å²) < 4.78 is 0. The number of likely N-dealkylation sites (tertiary alicyclic amines) is 1. The summed E-state index contributed by atoms with van der Waals surface area (Å²) in [6, 6.07) is 10.4. The fourth-order valence-corrected chi connectivity index (χ4v) is 2.51. The molecular formula is C14H21NO. The van der Waals surface area contributed by atoms with Crippen LogP contribution in [0.4, 0.5) is 0 Å². The van der Waals surface area contributed by atoms with Crippen molar-refractivity contribution in [2.45, 2.75) is 25.2 Å². The van der Waals surface area contributed by atoms with E-state index in [1.165, 1.54) is 31.5 Å². The van der Waals surface area contributed by atoms with Crippen LogP contribution >= 0.6 is 0 Å². The van der Waals surface area contributed by atoms with E-state index < -0.39 is 0 Å². The second-order valence-electron chi connectivity index (χ2n) is 5.07. The number of aliphatic hydroxyl groups excluding tert-OH is 1. The standard InChI is InChI=1S/C14H21NO/c1-14(12-16,11-15-9-5-6-10-15)13-7-3-2-4-8-13/h2-4,7-8,16H,5-6,9-12H2,1H3. The zero-order valence-electron chi connectivity index (χ0n) is 10.0. The minimum atomic E-state index is -0.119. The Morgan fingerprint density at radius 2 is 1.81 bits per heavy atom. The van der Waals surface area contributed by atoms with Crippen LogP contribution in [0.2, 0.25) is 0 Å². The largest absolute Gasteiger partial charge is 0.395 e. The molecule has 1 atom stereocenters. The monoisotopic (exact) mass is 219 g/mol. The van der Waals surface area contributed by atoms with Gasteiger partial charge in [0.15, 0.2) is 0 Å². The molecule has 1 N–H and O–H groups in total. The summed E-state index contributed by atoms with van der Waals surface area (Å²) in [7, 11) is 0. The number of rotatable bonds is 4. The minimum Gasteiger partial charge on any atom is -0.395 e. The minimum absolute atomic E-state index is 0.119. The molecule has 1 aromatic rings. The van der Waals surface area contributed by atoms with Gasteiger partial charge in [-0.3, -0.25) is 0 Å². The Labute approximate surface area is 97.9 Å². The van der Waals surface area contributed by atoms with Gasteiger partial charge in [-0.05, 0) is 31.5 Å². The molecule has 88 valence electrons. The summed E-state index contributed by atoms with van der Waals surface area (Å²) in [6.07, 6.45) is 2.60. The molecule has 0 aromatic heterocycles. The number of nitrogens with zero attached hydrogens (tertiary/aromatic N) is 1. The number of benzene rings is 1. The summed E-state index contributed by atoms with van der Waals surface area (Å²) >= 11 is 0. The molecule has 0 amide bonds. The Kier molecular flexibility index (Phi) is 3.62. The molecule has 0 radical (unpaired) electrons. The molecular weight excluding hydrogens is 198 g/mol. The van der Waals surface area contributed by atoms with Crippen LogP contribution in [0.5, 0.6) is 0 Å². The Morgan fingerprint density at radius 1 is 1.19 bits per heavy atom. The first-order valence-corrected chi connectivity index (χ1v) is 6.13. The van der Waals surface area contributed by atoms with Crippen LogP contribution in [-0.2, 0) is 5.41 Å². The lowest BCUT2D eigenvalue weighted by Crippen LogP contribution is -2.40. The van der Waals surface area contributed by atoms with E-state index in [-0.39, 0.29) is 12.0 Å². The first-order valence-electron chi connectivity index (χ1n) is 6.13. The van der Waals surface area contributed by atoms with E-state index in [0.29, 0.717) is 0 Å². The summed E-state index contributed by atoms with van der Waals surface area (Å²) in [5.41, 5.74) is 1.12. The predicted molar refractivity (Wildman–Crippen MR) is 66.6 cm³/mol. The zero-order chi connectivity index (χ0) is 11.4. The third kappa shape index (κ3) is 2.45. The van der Waals surface area contributed by atoms with Crippen molar-refractivity contribution in [2.24, 2.45) is 0 Å². The highest BCUT2D eigenvalue weighted by Gasteiger charge is 2.29. The Balaban J connectivity index is 2.12. The molecule has 2 heteroatoms. The van der Waals surface area contributed by atoms with Crippen molar-refractivity contribution in [1.29, 1.82) is 0 Å². The summed E-state index contributed by atoms with van der Waals surface area (Å²) in [6.45, 7) is 5.70. The lowest BCUT2D eigenvalue weighted by atomic mass is 9.83. The van der Waals surface area contributed by atoms with Gasteiger partial charge in [0.2, 0.25) is 0 Å². The summed E-state index contributed by atoms with van der Waals surface area (Å²) in [5, 5.41) is 9.67. The third-order valence-corrected chi connectivity index (χ3v) is 3.59. The average Bonchev–Trinajstić information content (AvgIpc) is 2.83. The first-order chi connectivity index (χ1) is 7.74. The molecule has 2 rings (SSSR count). The summed E-state index contributed by atoms with van der Waals surface area (Å²) in [5.74, 6) is 0. The number of hydrogen-bond donors (Lipinski definition) is 1. The average molecular weight is 219 g/mol. The van der Waals surface area contributed by atoms with Crippen LogP contribution in [0.25, 0.3) is 0 Å². The molecule has 1 aromatic carbocycles. The van der Waals surface area contributed by atoms with E-state index in [1.807, 2.05) is 18.2 Å². The Hall–Kier alpha value is -0.860. The van der Waals surface area contributed by atoms with Crippen LogP contribution in [0.1, 0.15) is 25.3 Å². The van der Waals surface area contributed by atoms with Gasteiger partial charge in [0.1, 0.15) is 0 Å². The van der Waals surface area contributed by atoms with Crippen molar-refractivity contribution in [2.75, 3.05) is 26.2 Å². The van der Waals surface area contributed by atoms with Crippen molar-refractivity contribution in [3.8, 4) is 0 Å². The molecule has 0 aliphatic carbocycles. The number of hydrogen-bond acceptors (Lipinski definition) is 2. The molecule has 0 saturated carbocycles. The third-order valence-electron chi connectivity index (χ3n) is 3.59. The van der Waals surface area contributed by atoms with Crippen molar-refractivity contribution in [3.63, 3.8) is 0 Å². The molecule has 16 heavy (non-hydrogen) atoms. The Bertz CT molecular complexity index is 319. The van der Waals surface area contributed by atoms with E-state index in [1.54, 1.807) is 0 Å².